The fourth-order valence-corrected chi connectivity index (χ4v) is 1.15. The highest BCUT2D eigenvalue weighted by Gasteiger charge is 2.15. The van der Waals surface area contributed by atoms with Crippen LogP contribution in [0.5, 0.6) is 0 Å². The average Bonchev–Trinajstić information content (AvgIpc) is 2.55. The van der Waals surface area contributed by atoms with Crippen molar-refractivity contribution in [2.45, 2.75) is 13.8 Å². The second-order valence-electron chi connectivity index (χ2n) is 3.72. The lowest BCUT2D eigenvalue weighted by atomic mass is 10.2. The van der Waals surface area contributed by atoms with Crippen molar-refractivity contribution in [1.29, 1.82) is 0 Å². The summed E-state index contributed by atoms with van der Waals surface area (Å²) in [5.41, 5.74) is 1.22. The molecule has 16 heavy (non-hydrogen) atoms. The molecular formula is C10H15N3O3. The number of rotatable bonds is 4. The van der Waals surface area contributed by atoms with Crippen molar-refractivity contribution in [1.82, 2.24) is 15.1 Å². The number of aryl methyl sites for hydroxylation is 1. The molecule has 6 nitrogen and oxygen atoms in total. The number of aromatic nitrogens is 2. The zero-order valence-corrected chi connectivity index (χ0v) is 9.52. The molecule has 88 valence electrons. The molecule has 1 aromatic rings. The molecule has 1 rings (SSSR count). The van der Waals surface area contributed by atoms with Gasteiger partial charge in [-0.2, -0.15) is 5.10 Å². The zero-order chi connectivity index (χ0) is 12.3. The fraction of sp³-hybridized carbons (Fsp3) is 0.500. The summed E-state index contributed by atoms with van der Waals surface area (Å²) in [6, 6.07) is 0. The Balaban J connectivity index is 2.60. The van der Waals surface area contributed by atoms with Crippen LogP contribution < -0.4 is 5.32 Å². The largest absolute Gasteiger partial charge is 0.481 e. The lowest BCUT2D eigenvalue weighted by molar-refractivity contribution is -0.140. The molecule has 6 heteroatoms. The van der Waals surface area contributed by atoms with Gasteiger partial charge in [-0.3, -0.25) is 14.3 Å². The summed E-state index contributed by atoms with van der Waals surface area (Å²) in [5.74, 6) is -1.82. The van der Waals surface area contributed by atoms with E-state index >= 15 is 0 Å². The van der Waals surface area contributed by atoms with Crippen LogP contribution in [-0.2, 0) is 11.8 Å². The molecule has 1 heterocycles. The number of hydrogen-bond acceptors (Lipinski definition) is 3. The normalized spacial score (nSPS) is 12.2. The first-order valence-corrected chi connectivity index (χ1v) is 4.93. The van der Waals surface area contributed by atoms with Gasteiger partial charge in [0.25, 0.3) is 5.91 Å². The van der Waals surface area contributed by atoms with Crippen LogP contribution in [0.2, 0.25) is 0 Å². The molecule has 0 aliphatic carbocycles. The Bertz CT molecular complexity index is 411. The summed E-state index contributed by atoms with van der Waals surface area (Å²) in [7, 11) is 1.74. The van der Waals surface area contributed by atoms with Gasteiger partial charge in [0.2, 0.25) is 0 Å². The van der Waals surface area contributed by atoms with E-state index in [2.05, 4.69) is 10.4 Å². The highest BCUT2D eigenvalue weighted by Crippen LogP contribution is 2.05. The van der Waals surface area contributed by atoms with E-state index in [1.807, 2.05) is 0 Å². The predicted octanol–water partition coefficient (Wildman–Crippen LogP) is 0.179. The van der Waals surface area contributed by atoms with Gasteiger partial charge in [-0.25, -0.2) is 0 Å². The third-order valence-corrected chi connectivity index (χ3v) is 2.47. The number of carboxylic acid groups (broad SMARTS) is 1. The number of hydrogen-bond donors (Lipinski definition) is 2. The van der Waals surface area contributed by atoms with Crippen molar-refractivity contribution >= 4 is 11.9 Å². The molecule has 0 aliphatic heterocycles. The molecule has 0 radical (unpaired) electrons. The van der Waals surface area contributed by atoms with Gasteiger partial charge in [0.05, 0.1) is 17.7 Å². The smallest absolute Gasteiger partial charge is 0.308 e. The molecule has 0 bridgehead atoms. The van der Waals surface area contributed by atoms with Gasteiger partial charge in [0, 0.05) is 19.3 Å². The summed E-state index contributed by atoms with van der Waals surface area (Å²) < 4.78 is 1.59. The number of aliphatic carboxylic acids is 1. The van der Waals surface area contributed by atoms with Crippen molar-refractivity contribution < 1.29 is 14.7 Å². The van der Waals surface area contributed by atoms with Gasteiger partial charge in [-0.05, 0) is 6.92 Å². The predicted molar refractivity (Wildman–Crippen MR) is 57.1 cm³/mol. The summed E-state index contributed by atoms with van der Waals surface area (Å²) in [6.07, 6.45) is 1.47. The minimum Gasteiger partial charge on any atom is -0.481 e. The Kier molecular flexibility index (Phi) is 3.65. The van der Waals surface area contributed by atoms with Crippen LogP contribution in [0.25, 0.3) is 0 Å². The van der Waals surface area contributed by atoms with Crippen LogP contribution in [0.4, 0.5) is 0 Å². The maximum Gasteiger partial charge on any atom is 0.308 e. The summed E-state index contributed by atoms with van der Waals surface area (Å²) in [5, 5.41) is 15.2. The van der Waals surface area contributed by atoms with E-state index in [4.69, 9.17) is 5.11 Å². The molecule has 0 spiro atoms. The van der Waals surface area contributed by atoms with E-state index < -0.39 is 11.9 Å². The number of nitrogens with zero attached hydrogens (tertiary/aromatic N) is 2. The lowest BCUT2D eigenvalue weighted by Crippen LogP contribution is -2.31. The molecule has 0 aliphatic rings. The van der Waals surface area contributed by atoms with E-state index in [0.29, 0.717) is 5.56 Å². The number of carboxylic acids is 1. The van der Waals surface area contributed by atoms with Crippen LogP contribution >= 0.6 is 0 Å². The number of amides is 1. The van der Waals surface area contributed by atoms with E-state index in [-0.39, 0.29) is 12.5 Å². The van der Waals surface area contributed by atoms with Crippen molar-refractivity contribution in [3.63, 3.8) is 0 Å². The molecule has 1 unspecified atom stereocenters. The minimum atomic E-state index is -0.928. The Labute approximate surface area is 93.3 Å². The average molecular weight is 225 g/mol. The molecular weight excluding hydrogens is 210 g/mol. The molecule has 1 amide bonds. The van der Waals surface area contributed by atoms with Crippen molar-refractivity contribution in [2.75, 3.05) is 6.54 Å². The van der Waals surface area contributed by atoms with E-state index in [1.54, 1.807) is 25.6 Å². The molecule has 1 aromatic heterocycles. The SMILES string of the molecule is Cc1c(C(=O)NCC(C)C(=O)O)cnn1C. The highest BCUT2D eigenvalue weighted by atomic mass is 16.4. The van der Waals surface area contributed by atoms with Gasteiger partial charge >= 0.3 is 5.97 Å². The summed E-state index contributed by atoms with van der Waals surface area (Å²) in [6.45, 7) is 3.43. The third kappa shape index (κ3) is 2.59. The summed E-state index contributed by atoms with van der Waals surface area (Å²) in [4.78, 5) is 22.2. The zero-order valence-electron chi connectivity index (χ0n) is 9.52. The first-order valence-electron chi connectivity index (χ1n) is 4.93. The van der Waals surface area contributed by atoms with Crippen molar-refractivity contribution in [2.24, 2.45) is 13.0 Å². The van der Waals surface area contributed by atoms with Crippen LogP contribution in [0.3, 0.4) is 0 Å². The molecule has 1 atom stereocenters. The van der Waals surface area contributed by atoms with E-state index in [9.17, 15) is 9.59 Å². The first kappa shape index (κ1) is 12.2. The second-order valence-corrected chi connectivity index (χ2v) is 3.72. The Morgan fingerprint density at radius 3 is 2.69 bits per heavy atom. The van der Waals surface area contributed by atoms with E-state index in [1.165, 1.54) is 6.20 Å². The van der Waals surface area contributed by atoms with Gasteiger partial charge in [-0.1, -0.05) is 6.92 Å². The van der Waals surface area contributed by atoms with Crippen LogP contribution in [0.15, 0.2) is 6.20 Å². The van der Waals surface area contributed by atoms with Gasteiger partial charge in [0.15, 0.2) is 0 Å². The number of nitrogens with one attached hydrogen (secondary N) is 1. The maximum atomic E-state index is 11.6. The third-order valence-electron chi connectivity index (χ3n) is 2.47. The van der Waals surface area contributed by atoms with Gasteiger partial charge in [0.1, 0.15) is 0 Å². The Hall–Kier alpha value is -1.85. The molecule has 2 N–H and O–H groups in total. The van der Waals surface area contributed by atoms with Gasteiger partial charge in [-0.15, -0.1) is 0 Å². The topological polar surface area (TPSA) is 84.2 Å². The van der Waals surface area contributed by atoms with Crippen LogP contribution in [0, 0.1) is 12.8 Å². The molecule has 0 saturated heterocycles. The minimum absolute atomic E-state index is 0.114. The molecule has 0 saturated carbocycles. The lowest BCUT2D eigenvalue weighted by Gasteiger charge is -2.07. The Morgan fingerprint density at radius 2 is 2.25 bits per heavy atom. The monoisotopic (exact) mass is 225 g/mol. The van der Waals surface area contributed by atoms with Crippen LogP contribution in [-0.4, -0.2) is 33.3 Å². The maximum absolute atomic E-state index is 11.6. The standard InChI is InChI=1S/C10H15N3O3/c1-6(10(15)16)4-11-9(14)8-5-12-13(3)7(8)2/h5-6H,4H2,1-3H3,(H,11,14)(H,15,16). The highest BCUT2D eigenvalue weighted by molar-refractivity contribution is 5.95. The van der Waals surface area contributed by atoms with Gasteiger partial charge < -0.3 is 10.4 Å². The molecule has 0 fully saturated rings. The van der Waals surface area contributed by atoms with Crippen molar-refractivity contribution in [3.05, 3.63) is 17.5 Å². The quantitative estimate of drug-likeness (QED) is 0.765. The van der Waals surface area contributed by atoms with Crippen molar-refractivity contribution in [3.8, 4) is 0 Å². The molecule has 0 aromatic carbocycles. The fourth-order valence-electron chi connectivity index (χ4n) is 1.15. The number of carbonyl (C=O) groups excluding carboxylic acids is 1. The number of carbonyl (C=O) groups is 2. The first-order chi connectivity index (χ1) is 7.43. The van der Waals surface area contributed by atoms with Crippen LogP contribution in [0.1, 0.15) is 23.0 Å². The second kappa shape index (κ2) is 4.78. The van der Waals surface area contributed by atoms with E-state index in [0.717, 1.165) is 5.69 Å². The summed E-state index contributed by atoms with van der Waals surface area (Å²) >= 11 is 0. The Morgan fingerprint density at radius 1 is 1.62 bits per heavy atom.